The molecule has 2 aromatic rings. The molecule has 5 nitrogen and oxygen atoms in total. The molecule has 5 heteroatoms. The SMILES string of the molecule is CCc1cc(CC)n(-c2cccc(C(N)=O)n2)n1. The first kappa shape index (κ1) is 12.3. The molecule has 0 aliphatic carbocycles. The molecule has 1 amide bonds. The number of carbonyl (C=O) groups is 1. The summed E-state index contributed by atoms with van der Waals surface area (Å²) in [6.45, 7) is 4.12. The minimum atomic E-state index is -0.530. The monoisotopic (exact) mass is 244 g/mol. The lowest BCUT2D eigenvalue weighted by molar-refractivity contribution is 0.0995. The molecule has 0 aliphatic heterocycles. The van der Waals surface area contributed by atoms with Gasteiger partial charge in [-0.1, -0.05) is 19.9 Å². The molecule has 0 aromatic carbocycles. The predicted octanol–water partition coefficient (Wildman–Crippen LogP) is 1.49. The molecule has 0 unspecified atom stereocenters. The standard InChI is InChI=1S/C13H16N4O/c1-3-9-8-10(4-2)17(16-9)12-7-5-6-11(15-12)13(14)18/h5-8H,3-4H2,1-2H3,(H2,14,18). The Balaban J connectivity index is 2.50. The number of carbonyl (C=O) groups excluding carboxylic acids is 1. The highest BCUT2D eigenvalue weighted by molar-refractivity contribution is 5.90. The van der Waals surface area contributed by atoms with Crippen molar-refractivity contribution in [1.29, 1.82) is 0 Å². The van der Waals surface area contributed by atoms with E-state index in [1.54, 1.807) is 16.8 Å². The second-order valence-electron chi connectivity index (χ2n) is 3.99. The van der Waals surface area contributed by atoms with Crippen molar-refractivity contribution in [3.63, 3.8) is 0 Å². The summed E-state index contributed by atoms with van der Waals surface area (Å²) >= 11 is 0. The molecule has 2 rings (SSSR count). The highest BCUT2D eigenvalue weighted by Gasteiger charge is 2.10. The number of nitrogens with two attached hydrogens (primary N) is 1. The van der Waals surface area contributed by atoms with E-state index in [-0.39, 0.29) is 5.69 Å². The zero-order valence-corrected chi connectivity index (χ0v) is 10.6. The second kappa shape index (κ2) is 5.00. The average molecular weight is 244 g/mol. The fourth-order valence-corrected chi connectivity index (χ4v) is 1.78. The number of rotatable bonds is 4. The zero-order chi connectivity index (χ0) is 13.1. The molecule has 94 valence electrons. The van der Waals surface area contributed by atoms with E-state index in [4.69, 9.17) is 5.73 Å². The first-order chi connectivity index (χ1) is 8.65. The van der Waals surface area contributed by atoms with Crippen LogP contribution in [0.15, 0.2) is 24.3 Å². The van der Waals surface area contributed by atoms with Crippen molar-refractivity contribution in [3.05, 3.63) is 41.3 Å². The normalized spacial score (nSPS) is 10.6. The summed E-state index contributed by atoms with van der Waals surface area (Å²) in [6.07, 6.45) is 1.73. The Morgan fingerprint density at radius 1 is 1.33 bits per heavy atom. The zero-order valence-electron chi connectivity index (χ0n) is 10.6. The molecular formula is C13H16N4O. The summed E-state index contributed by atoms with van der Waals surface area (Å²) in [5.41, 5.74) is 7.57. The molecule has 0 spiro atoms. The van der Waals surface area contributed by atoms with E-state index in [0.717, 1.165) is 24.2 Å². The molecule has 0 atom stereocenters. The van der Waals surface area contributed by atoms with Crippen LogP contribution < -0.4 is 5.73 Å². The highest BCUT2D eigenvalue weighted by Crippen LogP contribution is 2.12. The van der Waals surface area contributed by atoms with Crippen molar-refractivity contribution < 1.29 is 4.79 Å². The maximum absolute atomic E-state index is 11.1. The van der Waals surface area contributed by atoms with Crippen molar-refractivity contribution in [3.8, 4) is 5.82 Å². The van der Waals surface area contributed by atoms with Gasteiger partial charge in [0.25, 0.3) is 5.91 Å². The van der Waals surface area contributed by atoms with Gasteiger partial charge in [0.15, 0.2) is 5.82 Å². The number of aromatic nitrogens is 3. The molecule has 2 aromatic heterocycles. The van der Waals surface area contributed by atoms with Gasteiger partial charge in [-0.15, -0.1) is 0 Å². The summed E-state index contributed by atoms with van der Waals surface area (Å²) in [4.78, 5) is 15.4. The molecular weight excluding hydrogens is 228 g/mol. The molecule has 18 heavy (non-hydrogen) atoms. The molecule has 0 radical (unpaired) electrons. The van der Waals surface area contributed by atoms with Crippen molar-refractivity contribution >= 4 is 5.91 Å². The van der Waals surface area contributed by atoms with Crippen LogP contribution in [0.1, 0.15) is 35.7 Å². The minimum Gasteiger partial charge on any atom is -0.364 e. The fourth-order valence-electron chi connectivity index (χ4n) is 1.78. The van der Waals surface area contributed by atoms with Gasteiger partial charge < -0.3 is 5.73 Å². The summed E-state index contributed by atoms with van der Waals surface area (Å²) in [5, 5.41) is 4.47. The van der Waals surface area contributed by atoms with Crippen LogP contribution >= 0.6 is 0 Å². The Morgan fingerprint density at radius 3 is 2.72 bits per heavy atom. The van der Waals surface area contributed by atoms with Crippen LogP contribution in [-0.2, 0) is 12.8 Å². The maximum atomic E-state index is 11.1. The largest absolute Gasteiger partial charge is 0.364 e. The van der Waals surface area contributed by atoms with Crippen LogP contribution in [0.5, 0.6) is 0 Å². The van der Waals surface area contributed by atoms with Gasteiger partial charge in [-0.25, -0.2) is 9.67 Å². The lowest BCUT2D eigenvalue weighted by atomic mass is 10.2. The van der Waals surface area contributed by atoms with Gasteiger partial charge in [-0.2, -0.15) is 5.10 Å². The number of hydrogen-bond donors (Lipinski definition) is 1. The predicted molar refractivity (Wildman–Crippen MR) is 68.6 cm³/mol. The molecule has 0 bridgehead atoms. The van der Waals surface area contributed by atoms with Gasteiger partial charge in [0.1, 0.15) is 5.69 Å². The van der Waals surface area contributed by atoms with Crippen LogP contribution in [0.4, 0.5) is 0 Å². The molecule has 0 aliphatic rings. The molecule has 2 N–H and O–H groups in total. The summed E-state index contributed by atoms with van der Waals surface area (Å²) in [5.74, 6) is 0.0978. The number of amides is 1. The number of pyridine rings is 1. The van der Waals surface area contributed by atoms with Gasteiger partial charge in [-0.05, 0) is 31.0 Å². The molecule has 0 fully saturated rings. The topological polar surface area (TPSA) is 73.8 Å². The van der Waals surface area contributed by atoms with E-state index in [9.17, 15) is 4.79 Å². The van der Waals surface area contributed by atoms with Crippen molar-refractivity contribution in [2.24, 2.45) is 5.73 Å². The van der Waals surface area contributed by atoms with E-state index in [2.05, 4.69) is 30.0 Å². The number of aryl methyl sites for hydroxylation is 2. The number of primary amides is 1. The summed E-state index contributed by atoms with van der Waals surface area (Å²) in [6, 6.07) is 7.23. The van der Waals surface area contributed by atoms with Crippen molar-refractivity contribution in [2.45, 2.75) is 26.7 Å². The van der Waals surface area contributed by atoms with Gasteiger partial charge in [0.2, 0.25) is 0 Å². The maximum Gasteiger partial charge on any atom is 0.267 e. The molecule has 0 saturated carbocycles. The lowest BCUT2D eigenvalue weighted by Gasteiger charge is -2.05. The first-order valence-electron chi connectivity index (χ1n) is 6.00. The van der Waals surface area contributed by atoms with Gasteiger partial charge in [0, 0.05) is 5.69 Å². The van der Waals surface area contributed by atoms with Gasteiger partial charge >= 0.3 is 0 Å². The van der Waals surface area contributed by atoms with E-state index in [0.29, 0.717) is 5.82 Å². The Morgan fingerprint density at radius 2 is 2.11 bits per heavy atom. The van der Waals surface area contributed by atoms with Gasteiger partial charge in [-0.3, -0.25) is 4.79 Å². The smallest absolute Gasteiger partial charge is 0.267 e. The second-order valence-corrected chi connectivity index (χ2v) is 3.99. The van der Waals surface area contributed by atoms with Crippen molar-refractivity contribution in [2.75, 3.05) is 0 Å². The Kier molecular flexibility index (Phi) is 3.41. The Bertz CT molecular complexity index is 574. The Labute approximate surface area is 106 Å². The van der Waals surface area contributed by atoms with Crippen LogP contribution in [-0.4, -0.2) is 20.7 Å². The molecule has 2 heterocycles. The van der Waals surface area contributed by atoms with E-state index in [1.807, 2.05) is 6.07 Å². The third-order valence-electron chi connectivity index (χ3n) is 2.76. The van der Waals surface area contributed by atoms with Crippen LogP contribution in [0.25, 0.3) is 5.82 Å². The highest BCUT2D eigenvalue weighted by atomic mass is 16.1. The van der Waals surface area contributed by atoms with Crippen LogP contribution in [0, 0.1) is 0 Å². The molecule has 0 saturated heterocycles. The fraction of sp³-hybridized carbons (Fsp3) is 0.308. The van der Waals surface area contributed by atoms with Gasteiger partial charge in [0.05, 0.1) is 5.69 Å². The minimum absolute atomic E-state index is 0.253. The average Bonchev–Trinajstić information content (AvgIpc) is 2.82. The third kappa shape index (κ3) is 2.25. The van der Waals surface area contributed by atoms with Crippen molar-refractivity contribution in [1.82, 2.24) is 14.8 Å². The third-order valence-corrected chi connectivity index (χ3v) is 2.76. The lowest BCUT2D eigenvalue weighted by Crippen LogP contribution is -2.15. The van der Waals surface area contributed by atoms with E-state index in [1.165, 1.54) is 0 Å². The number of nitrogens with zero attached hydrogens (tertiary/aromatic N) is 3. The van der Waals surface area contributed by atoms with E-state index < -0.39 is 5.91 Å². The first-order valence-corrected chi connectivity index (χ1v) is 6.00. The summed E-state index contributed by atoms with van der Waals surface area (Å²) < 4.78 is 1.77. The Hall–Kier alpha value is -2.17. The quantitative estimate of drug-likeness (QED) is 0.885. The summed E-state index contributed by atoms with van der Waals surface area (Å²) in [7, 11) is 0. The van der Waals surface area contributed by atoms with Crippen LogP contribution in [0.3, 0.4) is 0 Å². The number of hydrogen-bond acceptors (Lipinski definition) is 3. The van der Waals surface area contributed by atoms with E-state index >= 15 is 0 Å². The van der Waals surface area contributed by atoms with Crippen LogP contribution in [0.2, 0.25) is 0 Å².